The number of hydrogen-bond acceptors (Lipinski definition) is 6. The van der Waals surface area contributed by atoms with Crippen LogP contribution in [-0.2, 0) is 18.3 Å². The molecule has 0 saturated carbocycles. The lowest BCUT2D eigenvalue weighted by atomic mass is 10.1. The number of aromatic nitrogens is 2. The number of fused-ring (bicyclic) bond motifs is 3. The van der Waals surface area contributed by atoms with E-state index in [1.807, 2.05) is 33.8 Å². The van der Waals surface area contributed by atoms with Crippen molar-refractivity contribution in [1.29, 1.82) is 0 Å². The van der Waals surface area contributed by atoms with Gasteiger partial charge < -0.3 is 18.8 Å². The second kappa shape index (κ2) is 8.03. The summed E-state index contributed by atoms with van der Waals surface area (Å²) >= 11 is 0. The van der Waals surface area contributed by atoms with Crippen molar-refractivity contribution in [3.8, 4) is 0 Å². The number of nitrogens with zero attached hydrogens (tertiary/aromatic N) is 1. The number of H-pyrrole nitrogens is 1. The molecule has 8 heteroatoms. The minimum atomic E-state index is -3.50. The number of esters is 1. The number of aromatic amines is 1. The molecule has 0 spiro atoms. The van der Waals surface area contributed by atoms with E-state index in [-0.39, 0.29) is 24.5 Å². The molecule has 0 atom stereocenters. The van der Waals surface area contributed by atoms with Gasteiger partial charge in [-0.05, 0) is 58.9 Å². The van der Waals surface area contributed by atoms with Gasteiger partial charge >= 0.3 is 13.6 Å². The van der Waals surface area contributed by atoms with Gasteiger partial charge in [0, 0.05) is 16.3 Å². The van der Waals surface area contributed by atoms with Gasteiger partial charge in [-0.1, -0.05) is 0 Å². The Morgan fingerprint density at radius 1 is 1.07 bits per heavy atom. The number of benzene rings is 1. The van der Waals surface area contributed by atoms with Crippen molar-refractivity contribution in [2.45, 2.75) is 46.8 Å². The fourth-order valence-corrected chi connectivity index (χ4v) is 4.92. The molecule has 0 aliphatic heterocycles. The SMILES string of the molecule is CCOC(=O)c1cc2c(cn1)[nH]c1ccc(P(=O)(OC(C)C)OC(C)C)cc12. The Morgan fingerprint density at radius 2 is 1.71 bits per heavy atom. The Morgan fingerprint density at radius 3 is 2.32 bits per heavy atom. The molecule has 3 aromatic rings. The molecular formula is C20H25N2O5P. The minimum Gasteiger partial charge on any atom is -0.461 e. The van der Waals surface area contributed by atoms with E-state index in [9.17, 15) is 9.36 Å². The number of ether oxygens (including phenoxy) is 1. The highest BCUT2D eigenvalue weighted by atomic mass is 31.2. The van der Waals surface area contributed by atoms with E-state index in [0.717, 1.165) is 21.8 Å². The number of carbonyl (C=O) groups is 1. The predicted molar refractivity (Wildman–Crippen MR) is 109 cm³/mol. The van der Waals surface area contributed by atoms with Crippen LogP contribution in [0.25, 0.3) is 21.8 Å². The van der Waals surface area contributed by atoms with Crippen LogP contribution in [-0.4, -0.2) is 34.8 Å². The average Bonchev–Trinajstić information content (AvgIpc) is 2.97. The predicted octanol–water partition coefficient (Wildman–Crippen LogP) is 4.56. The van der Waals surface area contributed by atoms with E-state index in [0.29, 0.717) is 5.30 Å². The average molecular weight is 404 g/mol. The van der Waals surface area contributed by atoms with Crippen LogP contribution in [0.5, 0.6) is 0 Å². The molecule has 0 aliphatic carbocycles. The molecule has 28 heavy (non-hydrogen) atoms. The summed E-state index contributed by atoms with van der Waals surface area (Å²) < 4.78 is 29.9. The van der Waals surface area contributed by atoms with Crippen LogP contribution in [0.3, 0.4) is 0 Å². The number of rotatable bonds is 7. The summed E-state index contributed by atoms with van der Waals surface area (Å²) in [7, 11) is -3.50. The molecule has 150 valence electrons. The van der Waals surface area contributed by atoms with Crippen molar-refractivity contribution in [2.75, 3.05) is 6.61 Å². The summed E-state index contributed by atoms with van der Waals surface area (Å²) in [5, 5.41) is 2.06. The van der Waals surface area contributed by atoms with Gasteiger partial charge in [0.05, 0.1) is 35.8 Å². The quantitative estimate of drug-likeness (QED) is 0.459. The van der Waals surface area contributed by atoms with Crippen LogP contribution in [0.2, 0.25) is 0 Å². The standard InChI is InChI=1S/C20H25N2O5P/c1-6-25-20(23)18-10-16-15-9-14(7-8-17(15)22-19(16)11-21-18)28(24,26-12(2)3)27-13(4)5/h7-13,22H,6H2,1-5H3. The second-order valence-electron chi connectivity index (χ2n) is 7.00. The van der Waals surface area contributed by atoms with E-state index in [1.54, 1.807) is 31.3 Å². The molecule has 0 amide bonds. The van der Waals surface area contributed by atoms with Gasteiger partial charge in [0.15, 0.2) is 0 Å². The Labute approximate surface area is 163 Å². The van der Waals surface area contributed by atoms with Crippen LogP contribution in [0.15, 0.2) is 30.5 Å². The number of nitrogens with one attached hydrogen (secondary N) is 1. The third-order valence-corrected chi connectivity index (χ3v) is 6.28. The van der Waals surface area contributed by atoms with Gasteiger partial charge in [0.25, 0.3) is 0 Å². The third-order valence-electron chi connectivity index (χ3n) is 3.97. The van der Waals surface area contributed by atoms with Crippen LogP contribution >= 0.6 is 7.60 Å². The van der Waals surface area contributed by atoms with Crippen molar-refractivity contribution >= 4 is 40.7 Å². The van der Waals surface area contributed by atoms with Gasteiger partial charge in [0.1, 0.15) is 5.69 Å². The zero-order valence-corrected chi connectivity index (χ0v) is 17.6. The maximum Gasteiger partial charge on any atom is 0.361 e. The topological polar surface area (TPSA) is 90.5 Å². The molecular weight excluding hydrogens is 379 g/mol. The molecule has 1 aromatic carbocycles. The number of hydrogen-bond donors (Lipinski definition) is 1. The molecule has 0 radical (unpaired) electrons. The summed E-state index contributed by atoms with van der Waals surface area (Å²) in [6.45, 7) is 9.29. The van der Waals surface area contributed by atoms with Crippen LogP contribution in [0, 0.1) is 0 Å². The monoisotopic (exact) mass is 404 g/mol. The molecule has 1 N–H and O–H groups in total. The van der Waals surface area contributed by atoms with Crippen LogP contribution in [0.1, 0.15) is 45.1 Å². The van der Waals surface area contributed by atoms with Gasteiger partial charge in [0.2, 0.25) is 0 Å². The highest BCUT2D eigenvalue weighted by Crippen LogP contribution is 2.50. The van der Waals surface area contributed by atoms with Crippen LogP contribution in [0.4, 0.5) is 0 Å². The number of carbonyl (C=O) groups excluding carboxylic acids is 1. The van der Waals surface area contributed by atoms with Gasteiger partial charge in [-0.3, -0.25) is 4.57 Å². The fourth-order valence-electron chi connectivity index (χ4n) is 2.98. The first-order valence-corrected chi connectivity index (χ1v) is 10.8. The Balaban J connectivity index is 2.15. The maximum absolute atomic E-state index is 13.5. The Hall–Kier alpha value is -2.21. The van der Waals surface area contributed by atoms with E-state index in [1.165, 1.54) is 0 Å². The van der Waals surface area contributed by atoms with E-state index in [2.05, 4.69) is 9.97 Å². The summed E-state index contributed by atoms with van der Waals surface area (Å²) in [5.74, 6) is -0.480. The lowest BCUT2D eigenvalue weighted by Gasteiger charge is -2.23. The first kappa shape index (κ1) is 20.5. The summed E-state index contributed by atoms with van der Waals surface area (Å²) in [6.07, 6.45) is 1.07. The molecule has 0 saturated heterocycles. The molecule has 0 fully saturated rings. The van der Waals surface area contributed by atoms with Crippen LogP contribution < -0.4 is 5.30 Å². The molecule has 0 bridgehead atoms. The van der Waals surface area contributed by atoms with Gasteiger partial charge in [-0.25, -0.2) is 9.78 Å². The van der Waals surface area contributed by atoms with Gasteiger partial charge in [-0.15, -0.1) is 0 Å². The smallest absolute Gasteiger partial charge is 0.361 e. The molecule has 2 heterocycles. The molecule has 7 nitrogen and oxygen atoms in total. The lowest BCUT2D eigenvalue weighted by molar-refractivity contribution is 0.0519. The molecule has 3 rings (SSSR count). The first-order valence-electron chi connectivity index (χ1n) is 9.29. The normalized spacial score (nSPS) is 12.4. The van der Waals surface area contributed by atoms with Crippen molar-refractivity contribution in [3.63, 3.8) is 0 Å². The Kier molecular flexibility index (Phi) is 5.89. The minimum absolute atomic E-state index is 0.223. The number of pyridine rings is 1. The summed E-state index contributed by atoms with van der Waals surface area (Å²) in [6, 6.07) is 7.03. The van der Waals surface area contributed by atoms with Gasteiger partial charge in [-0.2, -0.15) is 0 Å². The van der Waals surface area contributed by atoms with Crippen molar-refractivity contribution in [2.24, 2.45) is 0 Å². The zero-order valence-electron chi connectivity index (χ0n) is 16.7. The molecule has 0 unspecified atom stereocenters. The zero-order chi connectivity index (χ0) is 20.5. The fraction of sp³-hybridized carbons (Fsp3) is 0.400. The largest absolute Gasteiger partial charge is 0.461 e. The second-order valence-corrected chi connectivity index (χ2v) is 8.93. The maximum atomic E-state index is 13.5. The highest BCUT2D eigenvalue weighted by molar-refractivity contribution is 7.62. The molecule has 2 aromatic heterocycles. The van der Waals surface area contributed by atoms with Crippen molar-refractivity contribution in [1.82, 2.24) is 9.97 Å². The van der Waals surface area contributed by atoms with E-state index in [4.69, 9.17) is 13.8 Å². The molecule has 0 aliphatic rings. The lowest BCUT2D eigenvalue weighted by Crippen LogP contribution is -2.16. The Bertz CT molecular complexity index is 1040. The highest BCUT2D eigenvalue weighted by Gasteiger charge is 2.31. The van der Waals surface area contributed by atoms with Crippen molar-refractivity contribution < 1.29 is 23.1 Å². The van der Waals surface area contributed by atoms with E-state index >= 15 is 0 Å². The van der Waals surface area contributed by atoms with Crippen molar-refractivity contribution in [3.05, 3.63) is 36.2 Å². The first-order chi connectivity index (χ1) is 13.2. The third kappa shape index (κ3) is 4.12. The summed E-state index contributed by atoms with van der Waals surface area (Å²) in [4.78, 5) is 19.4. The summed E-state index contributed by atoms with van der Waals surface area (Å²) in [5.41, 5.74) is 1.83. The van der Waals surface area contributed by atoms with E-state index < -0.39 is 13.6 Å².